The molecular formula is C9H5F4IN2O. The molecule has 1 heterocycles. The highest BCUT2D eigenvalue weighted by atomic mass is 127. The monoisotopic (exact) mass is 360 g/mol. The van der Waals surface area contributed by atoms with Crippen LogP contribution in [-0.2, 0) is 13.1 Å². The van der Waals surface area contributed by atoms with Crippen LogP contribution >= 0.6 is 22.6 Å². The van der Waals surface area contributed by atoms with Gasteiger partial charge in [-0.1, -0.05) is 0 Å². The predicted molar refractivity (Wildman–Crippen MR) is 57.8 cm³/mol. The van der Waals surface area contributed by atoms with Gasteiger partial charge in [-0.2, -0.15) is 5.26 Å². The fourth-order valence-electron chi connectivity index (χ4n) is 1.14. The van der Waals surface area contributed by atoms with Crippen molar-refractivity contribution in [2.75, 3.05) is 0 Å². The van der Waals surface area contributed by atoms with Crippen molar-refractivity contribution in [2.45, 2.75) is 19.5 Å². The Morgan fingerprint density at radius 1 is 1.47 bits per heavy atom. The summed E-state index contributed by atoms with van der Waals surface area (Å²) in [6, 6.07) is 1.72. The van der Waals surface area contributed by atoms with E-state index in [1.165, 1.54) is 28.8 Å². The molecular weight excluding hydrogens is 355 g/mol. The first-order valence-corrected chi connectivity index (χ1v) is 5.31. The first kappa shape index (κ1) is 14.0. The molecule has 17 heavy (non-hydrogen) atoms. The summed E-state index contributed by atoms with van der Waals surface area (Å²) >= 11 is 1.51. The molecule has 8 heteroatoms. The third-order valence-corrected chi connectivity index (χ3v) is 2.57. The Hall–Kier alpha value is -1.11. The maximum Gasteiger partial charge on any atom is 0.573 e. The summed E-state index contributed by atoms with van der Waals surface area (Å²) in [7, 11) is 0. The van der Waals surface area contributed by atoms with Crippen molar-refractivity contribution in [1.29, 1.82) is 5.26 Å². The van der Waals surface area contributed by atoms with Gasteiger partial charge in [0, 0.05) is 11.8 Å². The summed E-state index contributed by atoms with van der Waals surface area (Å²) in [5.74, 6) is -0.673. The van der Waals surface area contributed by atoms with Crippen LogP contribution in [0.15, 0.2) is 6.20 Å². The number of aromatic nitrogens is 1. The van der Waals surface area contributed by atoms with Gasteiger partial charge in [-0.3, -0.25) is 0 Å². The number of alkyl halides is 4. The molecule has 0 aromatic carbocycles. The molecule has 0 spiro atoms. The van der Waals surface area contributed by atoms with Gasteiger partial charge in [-0.05, 0) is 28.2 Å². The molecule has 0 radical (unpaired) electrons. The molecule has 0 aliphatic carbocycles. The van der Waals surface area contributed by atoms with Crippen molar-refractivity contribution < 1.29 is 22.3 Å². The second-order valence-corrected chi connectivity index (χ2v) is 3.92. The van der Waals surface area contributed by atoms with Gasteiger partial charge >= 0.3 is 6.36 Å². The van der Waals surface area contributed by atoms with Gasteiger partial charge in [0.1, 0.15) is 10.4 Å². The molecule has 1 aromatic heterocycles. The maximum atomic E-state index is 12.7. The van der Waals surface area contributed by atoms with Gasteiger partial charge in [-0.25, -0.2) is 9.37 Å². The summed E-state index contributed by atoms with van der Waals surface area (Å²) in [4.78, 5) is 3.63. The van der Waals surface area contributed by atoms with Crippen LogP contribution in [-0.4, -0.2) is 11.3 Å². The van der Waals surface area contributed by atoms with E-state index >= 15 is 0 Å². The van der Waals surface area contributed by atoms with Crippen LogP contribution in [0.5, 0.6) is 5.75 Å². The van der Waals surface area contributed by atoms with Gasteiger partial charge in [0.15, 0.2) is 5.75 Å². The van der Waals surface area contributed by atoms with E-state index < -0.39 is 18.8 Å². The molecule has 92 valence electrons. The molecule has 0 aliphatic rings. The van der Waals surface area contributed by atoms with Crippen molar-refractivity contribution in [3.05, 3.63) is 21.0 Å². The number of nitriles is 1. The summed E-state index contributed by atoms with van der Waals surface area (Å²) in [6.07, 6.45) is -3.97. The Kier molecular flexibility index (Phi) is 4.50. The second-order valence-electron chi connectivity index (χ2n) is 2.90. The molecule has 0 saturated heterocycles. The lowest BCUT2D eigenvalue weighted by Crippen LogP contribution is -2.19. The van der Waals surface area contributed by atoms with Crippen LogP contribution in [0.1, 0.15) is 11.1 Å². The summed E-state index contributed by atoms with van der Waals surface area (Å²) in [5.41, 5.74) is -0.196. The van der Waals surface area contributed by atoms with E-state index in [4.69, 9.17) is 5.26 Å². The van der Waals surface area contributed by atoms with E-state index in [2.05, 4.69) is 9.72 Å². The maximum absolute atomic E-state index is 12.7. The zero-order valence-electron chi connectivity index (χ0n) is 8.18. The number of hydrogen-bond acceptors (Lipinski definition) is 3. The van der Waals surface area contributed by atoms with Crippen molar-refractivity contribution in [2.24, 2.45) is 0 Å². The highest BCUT2D eigenvalue weighted by Gasteiger charge is 2.34. The van der Waals surface area contributed by atoms with Crippen molar-refractivity contribution in [3.63, 3.8) is 0 Å². The Morgan fingerprint density at radius 3 is 2.59 bits per heavy atom. The summed E-state index contributed by atoms with van der Waals surface area (Å²) in [6.45, 7) is -1.15. The third-order valence-electron chi connectivity index (χ3n) is 1.80. The molecule has 1 aromatic rings. The molecule has 0 amide bonds. The van der Waals surface area contributed by atoms with Crippen LogP contribution < -0.4 is 4.74 Å². The lowest BCUT2D eigenvalue weighted by Gasteiger charge is -2.14. The van der Waals surface area contributed by atoms with Gasteiger partial charge in [0.25, 0.3) is 0 Å². The molecule has 0 bridgehead atoms. The van der Waals surface area contributed by atoms with Crippen LogP contribution in [0.4, 0.5) is 17.6 Å². The normalized spacial score (nSPS) is 11.1. The number of halogens is 5. The largest absolute Gasteiger partial charge is 0.573 e. The lowest BCUT2D eigenvalue weighted by molar-refractivity contribution is -0.275. The first-order chi connectivity index (χ1) is 7.89. The predicted octanol–water partition coefficient (Wildman–Crippen LogP) is 3.12. The summed E-state index contributed by atoms with van der Waals surface area (Å²) in [5, 5.41) is 8.47. The first-order valence-electron chi connectivity index (χ1n) is 4.24. The molecule has 0 atom stereocenters. The van der Waals surface area contributed by atoms with E-state index in [0.717, 1.165) is 0 Å². The van der Waals surface area contributed by atoms with Crippen LogP contribution in [0.25, 0.3) is 0 Å². The van der Waals surface area contributed by atoms with Crippen LogP contribution in [0, 0.1) is 15.0 Å². The van der Waals surface area contributed by atoms with Crippen molar-refractivity contribution in [3.8, 4) is 11.8 Å². The van der Waals surface area contributed by atoms with Gasteiger partial charge in [0.2, 0.25) is 0 Å². The number of nitrogens with zero attached hydrogens (tertiary/aromatic N) is 2. The second kappa shape index (κ2) is 5.48. The SMILES string of the molecule is N#CCc1cnc(I)c(OC(F)(F)F)c1CF. The van der Waals surface area contributed by atoms with Crippen LogP contribution in [0.3, 0.4) is 0 Å². The Morgan fingerprint density at radius 2 is 2.12 bits per heavy atom. The zero-order valence-corrected chi connectivity index (χ0v) is 10.3. The molecule has 3 nitrogen and oxygen atoms in total. The topological polar surface area (TPSA) is 45.9 Å². The fraction of sp³-hybridized carbons (Fsp3) is 0.333. The molecule has 0 unspecified atom stereocenters. The molecule has 1 rings (SSSR count). The quantitative estimate of drug-likeness (QED) is 0.473. The van der Waals surface area contributed by atoms with Gasteiger partial charge < -0.3 is 4.74 Å². The number of rotatable bonds is 3. The zero-order chi connectivity index (χ0) is 13.1. The average molecular weight is 360 g/mol. The minimum absolute atomic E-state index is 0.0923. The fourth-order valence-corrected chi connectivity index (χ4v) is 1.72. The highest BCUT2D eigenvalue weighted by Crippen LogP contribution is 2.32. The highest BCUT2D eigenvalue weighted by molar-refractivity contribution is 14.1. The van der Waals surface area contributed by atoms with Gasteiger partial charge in [0.05, 0.1) is 12.5 Å². The Balaban J connectivity index is 3.26. The molecule has 0 N–H and O–H groups in total. The third kappa shape index (κ3) is 3.69. The smallest absolute Gasteiger partial charge is 0.403 e. The Bertz CT molecular complexity index is 456. The molecule has 0 fully saturated rings. The van der Waals surface area contributed by atoms with Crippen molar-refractivity contribution in [1.82, 2.24) is 4.98 Å². The number of ether oxygens (including phenoxy) is 1. The van der Waals surface area contributed by atoms with Crippen molar-refractivity contribution >= 4 is 22.6 Å². The van der Waals surface area contributed by atoms with Gasteiger partial charge in [-0.15, -0.1) is 13.2 Å². The molecule has 0 saturated carbocycles. The van der Waals surface area contributed by atoms with E-state index in [-0.39, 0.29) is 21.2 Å². The standard InChI is InChI=1S/C9H5F4IN2O/c10-3-6-5(1-2-15)4-16-8(14)7(6)17-9(11,12)13/h4H,1,3H2. The van der Waals surface area contributed by atoms with Crippen LogP contribution in [0.2, 0.25) is 0 Å². The van der Waals surface area contributed by atoms with E-state index in [0.29, 0.717) is 0 Å². The minimum atomic E-state index is -4.92. The number of hydrogen-bond donors (Lipinski definition) is 0. The van der Waals surface area contributed by atoms with E-state index in [1.807, 2.05) is 0 Å². The lowest BCUT2D eigenvalue weighted by atomic mass is 10.1. The minimum Gasteiger partial charge on any atom is -0.403 e. The Labute approximate surface area is 108 Å². The van der Waals surface area contributed by atoms with E-state index in [1.54, 1.807) is 6.07 Å². The summed E-state index contributed by atoms with van der Waals surface area (Å²) < 4.78 is 52.7. The van der Waals surface area contributed by atoms with E-state index in [9.17, 15) is 17.6 Å². The average Bonchev–Trinajstić information content (AvgIpc) is 2.22. The number of pyridine rings is 1. The molecule has 0 aliphatic heterocycles.